The number of thioether (sulfide) groups is 1. The lowest BCUT2D eigenvalue weighted by Crippen LogP contribution is -2.21. The topological polar surface area (TPSA) is 47.7 Å². The van der Waals surface area contributed by atoms with Crippen LogP contribution in [0.1, 0.15) is 18.0 Å². The zero-order chi connectivity index (χ0) is 14.7. The molecule has 5 heteroatoms. The van der Waals surface area contributed by atoms with Crippen molar-refractivity contribution in [2.24, 2.45) is 11.7 Å². The third-order valence-corrected chi connectivity index (χ3v) is 4.89. The minimum atomic E-state index is 0.408. The maximum atomic E-state index is 5.83. The predicted molar refractivity (Wildman–Crippen MR) is 83.9 cm³/mol. The Labute approximate surface area is 125 Å². The molecule has 1 aliphatic rings. The molecule has 2 rings (SSSR count). The van der Waals surface area contributed by atoms with Crippen molar-refractivity contribution in [3.8, 4) is 11.5 Å². The maximum Gasteiger partial charge on any atom is 0.174 e. The summed E-state index contributed by atoms with van der Waals surface area (Å²) in [5.41, 5.74) is 7.15. The van der Waals surface area contributed by atoms with Crippen LogP contribution in [0.2, 0.25) is 0 Å². The first kappa shape index (κ1) is 15.5. The van der Waals surface area contributed by atoms with E-state index < -0.39 is 0 Å². The molecule has 1 aliphatic heterocycles. The van der Waals surface area contributed by atoms with Gasteiger partial charge in [-0.1, -0.05) is 6.07 Å². The molecule has 2 unspecified atom stereocenters. The lowest BCUT2D eigenvalue weighted by Gasteiger charge is -2.24. The van der Waals surface area contributed by atoms with Crippen LogP contribution in [0.3, 0.4) is 0 Å². The lowest BCUT2D eigenvalue weighted by atomic mass is 9.99. The molecule has 112 valence electrons. The molecule has 0 saturated carbocycles. The Morgan fingerprint density at radius 3 is 2.60 bits per heavy atom. The van der Waals surface area contributed by atoms with Gasteiger partial charge in [-0.05, 0) is 43.8 Å². The molecule has 1 saturated heterocycles. The molecule has 1 fully saturated rings. The molecule has 20 heavy (non-hydrogen) atoms. The van der Waals surface area contributed by atoms with Crippen molar-refractivity contribution in [1.82, 2.24) is 4.90 Å². The van der Waals surface area contributed by atoms with Gasteiger partial charge in [0.05, 0.1) is 19.1 Å². The minimum absolute atomic E-state index is 0.408. The normalized spacial score (nSPS) is 23.1. The van der Waals surface area contributed by atoms with Gasteiger partial charge in [-0.25, -0.2) is 0 Å². The summed E-state index contributed by atoms with van der Waals surface area (Å²) in [4.78, 5) is 3.56. The Bertz CT molecular complexity index is 467. The maximum absolute atomic E-state index is 5.83. The van der Waals surface area contributed by atoms with Gasteiger partial charge in [-0.2, -0.15) is 0 Å². The van der Waals surface area contributed by atoms with E-state index in [0.717, 1.165) is 31.0 Å². The SMILES string of the molecule is COc1ccc(C2CC(CN)CN2C)c(SC)c1OC. The van der Waals surface area contributed by atoms with Gasteiger partial charge in [0, 0.05) is 12.6 Å². The highest BCUT2D eigenvalue weighted by atomic mass is 32.2. The summed E-state index contributed by atoms with van der Waals surface area (Å²) in [5, 5.41) is 0. The van der Waals surface area contributed by atoms with Gasteiger partial charge in [0.15, 0.2) is 11.5 Å². The van der Waals surface area contributed by atoms with E-state index in [4.69, 9.17) is 15.2 Å². The van der Waals surface area contributed by atoms with E-state index in [1.54, 1.807) is 26.0 Å². The molecule has 1 aromatic carbocycles. The third kappa shape index (κ3) is 2.75. The van der Waals surface area contributed by atoms with Crippen LogP contribution in [0.5, 0.6) is 11.5 Å². The number of nitrogens with zero attached hydrogens (tertiary/aromatic N) is 1. The van der Waals surface area contributed by atoms with Crippen molar-refractivity contribution in [3.05, 3.63) is 17.7 Å². The highest BCUT2D eigenvalue weighted by Crippen LogP contribution is 2.45. The summed E-state index contributed by atoms with van der Waals surface area (Å²) >= 11 is 1.71. The van der Waals surface area contributed by atoms with Crippen molar-refractivity contribution in [2.75, 3.05) is 40.6 Å². The smallest absolute Gasteiger partial charge is 0.174 e. The average Bonchev–Trinajstić information content (AvgIpc) is 2.86. The summed E-state index contributed by atoms with van der Waals surface area (Å²) in [6.45, 7) is 1.81. The summed E-state index contributed by atoms with van der Waals surface area (Å²) in [6, 6.07) is 4.57. The zero-order valence-electron chi connectivity index (χ0n) is 12.7. The molecule has 0 amide bonds. The second-order valence-electron chi connectivity index (χ2n) is 5.22. The summed E-state index contributed by atoms with van der Waals surface area (Å²) in [7, 11) is 5.54. The fourth-order valence-electron chi connectivity index (χ4n) is 3.03. The van der Waals surface area contributed by atoms with Crippen LogP contribution in [0, 0.1) is 5.92 Å². The van der Waals surface area contributed by atoms with E-state index in [9.17, 15) is 0 Å². The molecule has 0 spiro atoms. The summed E-state index contributed by atoms with van der Waals surface area (Å²) in [6.07, 6.45) is 3.19. The van der Waals surface area contributed by atoms with E-state index >= 15 is 0 Å². The van der Waals surface area contributed by atoms with Crippen LogP contribution < -0.4 is 15.2 Å². The monoisotopic (exact) mass is 296 g/mol. The number of likely N-dealkylation sites (tertiary alicyclic amines) is 1. The van der Waals surface area contributed by atoms with Crippen molar-refractivity contribution in [1.29, 1.82) is 0 Å². The standard InChI is InChI=1S/C15H24N2O2S/c1-17-9-10(8-16)7-12(17)11-5-6-13(18-2)14(19-3)15(11)20-4/h5-6,10,12H,7-9,16H2,1-4H3. The Morgan fingerprint density at radius 2 is 2.10 bits per heavy atom. The van der Waals surface area contributed by atoms with E-state index in [1.807, 2.05) is 6.07 Å². The van der Waals surface area contributed by atoms with Gasteiger partial charge >= 0.3 is 0 Å². The molecule has 0 radical (unpaired) electrons. The molecule has 4 nitrogen and oxygen atoms in total. The van der Waals surface area contributed by atoms with Crippen molar-refractivity contribution in [2.45, 2.75) is 17.4 Å². The third-order valence-electron chi connectivity index (χ3n) is 4.06. The average molecular weight is 296 g/mol. The first-order valence-corrected chi connectivity index (χ1v) is 8.07. The van der Waals surface area contributed by atoms with Gasteiger partial charge in [0.25, 0.3) is 0 Å². The van der Waals surface area contributed by atoms with E-state index in [1.165, 1.54) is 10.5 Å². The first-order valence-electron chi connectivity index (χ1n) is 6.85. The molecular formula is C15H24N2O2S. The largest absolute Gasteiger partial charge is 0.493 e. The molecule has 0 aliphatic carbocycles. The zero-order valence-corrected chi connectivity index (χ0v) is 13.5. The van der Waals surface area contributed by atoms with Crippen LogP contribution in [0.4, 0.5) is 0 Å². The van der Waals surface area contributed by atoms with Crippen molar-refractivity contribution < 1.29 is 9.47 Å². The van der Waals surface area contributed by atoms with Gasteiger partial charge in [0.2, 0.25) is 0 Å². The van der Waals surface area contributed by atoms with Crippen LogP contribution in [-0.4, -0.2) is 45.5 Å². The predicted octanol–water partition coefficient (Wildman–Crippen LogP) is 2.38. The van der Waals surface area contributed by atoms with Gasteiger partial charge < -0.3 is 15.2 Å². The minimum Gasteiger partial charge on any atom is -0.493 e. The Hall–Kier alpha value is -0.910. The van der Waals surface area contributed by atoms with Gasteiger partial charge in [-0.15, -0.1) is 11.8 Å². The van der Waals surface area contributed by atoms with Crippen LogP contribution in [0.15, 0.2) is 17.0 Å². The number of nitrogens with two attached hydrogens (primary N) is 1. The first-order chi connectivity index (χ1) is 9.65. The number of methoxy groups -OCH3 is 2. The molecule has 0 bridgehead atoms. The number of hydrogen-bond acceptors (Lipinski definition) is 5. The number of benzene rings is 1. The quantitative estimate of drug-likeness (QED) is 0.845. The van der Waals surface area contributed by atoms with E-state index in [-0.39, 0.29) is 0 Å². The Balaban J connectivity index is 2.41. The molecule has 1 aromatic rings. The summed E-state index contributed by atoms with van der Waals surface area (Å²) < 4.78 is 11.0. The molecular weight excluding hydrogens is 272 g/mol. The van der Waals surface area contributed by atoms with E-state index in [2.05, 4.69) is 24.3 Å². The fraction of sp³-hybridized carbons (Fsp3) is 0.600. The number of ether oxygens (including phenoxy) is 2. The summed E-state index contributed by atoms with van der Waals surface area (Å²) in [5.74, 6) is 2.20. The van der Waals surface area contributed by atoms with Gasteiger partial charge in [-0.3, -0.25) is 4.90 Å². The van der Waals surface area contributed by atoms with Crippen LogP contribution in [-0.2, 0) is 0 Å². The molecule has 2 atom stereocenters. The number of hydrogen-bond donors (Lipinski definition) is 1. The Morgan fingerprint density at radius 1 is 1.35 bits per heavy atom. The van der Waals surface area contributed by atoms with Crippen molar-refractivity contribution in [3.63, 3.8) is 0 Å². The highest BCUT2D eigenvalue weighted by Gasteiger charge is 2.32. The Kier molecular flexibility index (Phi) is 5.18. The molecule has 0 aromatic heterocycles. The molecule has 2 N–H and O–H groups in total. The van der Waals surface area contributed by atoms with Crippen LogP contribution in [0.25, 0.3) is 0 Å². The fourth-order valence-corrected chi connectivity index (χ4v) is 3.84. The highest BCUT2D eigenvalue weighted by molar-refractivity contribution is 7.98. The lowest BCUT2D eigenvalue weighted by molar-refractivity contribution is 0.305. The van der Waals surface area contributed by atoms with Crippen LogP contribution >= 0.6 is 11.8 Å². The second kappa shape index (κ2) is 6.70. The van der Waals surface area contributed by atoms with Gasteiger partial charge in [0.1, 0.15) is 0 Å². The van der Waals surface area contributed by atoms with Crippen molar-refractivity contribution >= 4 is 11.8 Å². The number of rotatable bonds is 5. The molecule has 1 heterocycles. The van der Waals surface area contributed by atoms with E-state index in [0.29, 0.717) is 12.0 Å². The second-order valence-corrected chi connectivity index (χ2v) is 6.03.